The number of hydrogen-bond donors (Lipinski definition) is 0. The quantitative estimate of drug-likeness (QED) is 0.831. The summed E-state index contributed by atoms with van der Waals surface area (Å²) in [5, 5.41) is 0. The van der Waals surface area contributed by atoms with Gasteiger partial charge in [0.1, 0.15) is 0 Å². The van der Waals surface area contributed by atoms with E-state index in [0.29, 0.717) is 0 Å². The number of benzene rings is 1. The lowest BCUT2D eigenvalue weighted by Gasteiger charge is -2.31. The third-order valence-corrected chi connectivity index (χ3v) is 3.75. The van der Waals surface area contributed by atoms with Crippen LogP contribution in [0.3, 0.4) is 0 Å². The number of rotatable bonds is 3. The van der Waals surface area contributed by atoms with Crippen molar-refractivity contribution in [3.63, 3.8) is 0 Å². The molecular weight excluding hydrogens is 244 g/mol. The van der Waals surface area contributed by atoms with Crippen molar-refractivity contribution in [3.05, 3.63) is 66.0 Å². The molecule has 1 fully saturated rings. The number of pyridine rings is 1. The molecule has 0 radical (unpaired) electrons. The summed E-state index contributed by atoms with van der Waals surface area (Å²) in [4.78, 5) is 6.72. The molecule has 0 unspecified atom stereocenters. The largest absolute Gasteiger partial charge is 0.371 e. The monoisotopic (exact) mass is 264 g/mol. The maximum Gasteiger partial charge on any atom is 0.0446 e. The second-order valence-corrected chi connectivity index (χ2v) is 5.23. The summed E-state index contributed by atoms with van der Waals surface area (Å²) in [6, 6.07) is 14.8. The number of aromatic nitrogens is 1. The van der Waals surface area contributed by atoms with Crippen molar-refractivity contribution in [2.75, 3.05) is 13.1 Å². The van der Waals surface area contributed by atoms with Crippen molar-refractivity contribution in [3.8, 4) is 0 Å². The Kier molecular flexibility index (Phi) is 4.12. The third-order valence-electron chi connectivity index (χ3n) is 3.75. The highest BCUT2D eigenvalue weighted by atomic mass is 15.1. The fourth-order valence-corrected chi connectivity index (χ4v) is 2.72. The van der Waals surface area contributed by atoms with Crippen molar-refractivity contribution < 1.29 is 0 Å². The van der Waals surface area contributed by atoms with Crippen molar-refractivity contribution in [1.29, 1.82) is 0 Å². The van der Waals surface area contributed by atoms with Gasteiger partial charge in [-0.2, -0.15) is 0 Å². The van der Waals surface area contributed by atoms with Crippen LogP contribution in [0.15, 0.2) is 54.9 Å². The molecule has 102 valence electrons. The Bertz CT molecular complexity index is 554. The number of likely N-dealkylation sites (tertiary alicyclic amines) is 1. The second-order valence-electron chi connectivity index (χ2n) is 5.23. The van der Waals surface area contributed by atoms with Gasteiger partial charge in [0, 0.05) is 31.2 Å². The molecular formula is C18H20N2. The summed E-state index contributed by atoms with van der Waals surface area (Å²) >= 11 is 0. The lowest BCUT2D eigenvalue weighted by Crippen LogP contribution is -2.28. The lowest BCUT2D eigenvalue weighted by molar-refractivity contribution is 0.327. The maximum absolute atomic E-state index is 4.21. The van der Waals surface area contributed by atoms with Crippen LogP contribution in [0.4, 0.5) is 0 Å². The first-order valence-electron chi connectivity index (χ1n) is 7.35. The van der Waals surface area contributed by atoms with Crippen molar-refractivity contribution >= 4 is 11.8 Å². The van der Waals surface area contributed by atoms with E-state index < -0.39 is 0 Å². The van der Waals surface area contributed by atoms with E-state index in [0.717, 1.165) is 18.7 Å². The topological polar surface area (TPSA) is 16.1 Å². The Morgan fingerprint density at radius 2 is 1.75 bits per heavy atom. The van der Waals surface area contributed by atoms with Gasteiger partial charge in [-0.1, -0.05) is 36.4 Å². The third kappa shape index (κ3) is 3.08. The molecule has 0 bridgehead atoms. The molecule has 1 aliphatic heterocycles. The van der Waals surface area contributed by atoms with Crippen LogP contribution in [0.2, 0.25) is 0 Å². The van der Waals surface area contributed by atoms with E-state index in [9.17, 15) is 0 Å². The minimum atomic E-state index is 1.15. The smallest absolute Gasteiger partial charge is 0.0446 e. The zero-order chi connectivity index (χ0) is 13.6. The Balaban J connectivity index is 1.97. The average molecular weight is 264 g/mol. The van der Waals surface area contributed by atoms with E-state index >= 15 is 0 Å². The van der Waals surface area contributed by atoms with E-state index in [-0.39, 0.29) is 0 Å². The van der Waals surface area contributed by atoms with Crippen molar-refractivity contribution in [1.82, 2.24) is 9.88 Å². The summed E-state index contributed by atoms with van der Waals surface area (Å²) in [5.41, 5.74) is 3.77. The molecule has 3 rings (SSSR count). The van der Waals surface area contributed by atoms with Gasteiger partial charge < -0.3 is 4.90 Å². The summed E-state index contributed by atoms with van der Waals surface area (Å²) < 4.78 is 0. The molecule has 1 saturated heterocycles. The lowest BCUT2D eigenvalue weighted by atomic mass is 10.0. The van der Waals surface area contributed by atoms with Gasteiger partial charge in [0.25, 0.3) is 0 Å². The first kappa shape index (κ1) is 12.9. The van der Waals surface area contributed by atoms with Gasteiger partial charge in [0.2, 0.25) is 0 Å². The van der Waals surface area contributed by atoms with Crippen molar-refractivity contribution in [2.45, 2.75) is 19.3 Å². The number of nitrogens with zero attached hydrogens (tertiary/aromatic N) is 2. The molecule has 0 amide bonds. The molecule has 0 spiro atoms. The van der Waals surface area contributed by atoms with Crippen molar-refractivity contribution in [2.24, 2.45) is 0 Å². The van der Waals surface area contributed by atoms with E-state index in [1.54, 1.807) is 0 Å². The Morgan fingerprint density at radius 1 is 0.950 bits per heavy atom. The van der Waals surface area contributed by atoms with Gasteiger partial charge in [-0.3, -0.25) is 4.98 Å². The predicted molar refractivity (Wildman–Crippen MR) is 84.0 cm³/mol. The fourth-order valence-electron chi connectivity index (χ4n) is 2.72. The van der Waals surface area contributed by atoms with Gasteiger partial charge in [-0.25, -0.2) is 0 Å². The predicted octanol–water partition coefficient (Wildman–Crippen LogP) is 4.07. The SMILES string of the molecule is C(=C(c1ccccc1)N1CCCCC1)c1cccnc1. The zero-order valence-corrected chi connectivity index (χ0v) is 11.7. The van der Waals surface area contributed by atoms with E-state index in [1.165, 1.54) is 30.5 Å². The molecule has 0 N–H and O–H groups in total. The van der Waals surface area contributed by atoms with Gasteiger partial charge >= 0.3 is 0 Å². The normalized spacial score (nSPS) is 16.2. The standard InChI is InChI=1S/C18H20N2/c1-3-9-17(10-4-1)18(20-12-5-2-6-13-20)14-16-8-7-11-19-15-16/h1,3-4,7-11,14-15H,2,5-6,12-13H2. The molecule has 1 aliphatic rings. The minimum absolute atomic E-state index is 1.15. The van der Waals surface area contributed by atoms with Crippen LogP contribution in [0.25, 0.3) is 11.8 Å². The summed E-state index contributed by atoms with van der Waals surface area (Å²) in [5.74, 6) is 0. The number of piperidine rings is 1. The molecule has 1 aromatic heterocycles. The van der Waals surface area contributed by atoms with E-state index in [1.807, 2.05) is 18.5 Å². The van der Waals surface area contributed by atoms with E-state index in [2.05, 4.69) is 52.4 Å². The molecule has 0 saturated carbocycles. The van der Waals surface area contributed by atoms with Gasteiger partial charge in [-0.05, 0) is 42.5 Å². The molecule has 0 atom stereocenters. The van der Waals surface area contributed by atoms with Crippen LogP contribution in [0, 0.1) is 0 Å². The number of hydrogen-bond acceptors (Lipinski definition) is 2. The van der Waals surface area contributed by atoms with Crippen LogP contribution in [0.1, 0.15) is 30.4 Å². The molecule has 2 aromatic rings. The molecule has 0 aliphatic carbocycles. The maximum atomic E-state index is 4.21. The fraction of sp³-hybridized carbons (Fsp3) is 0.278. The molecule has 2 heterocycles. The van der Waals surface area contributed by atoms with Gasteiger partial charge in [0.05, 0.1) is 0 Å². The Morgan fingerprint density at radius 3 is 2.45 bits per heavy atom. The highest BCUT2D eigenvalue weighted by Crippen LogP contribution is 2.25. The molecule has 2 nitrogen and oxygen atoms in total. The van der Waals surface area contributed by atoms with Crippen LogP contribution >= 0.6 is 0 Å². The van der Waals surface area contributed by atoms with Crippen LogP contribution < -0.4 is 0 Å². The minimum Gasteiger partial charge on any atom is -0.371 e. The molecule has 1 aromatic carbocycles. The highest BCUT2D eigenvalue weighted by Gasteiger charge is 2.14. The molecule has 2 heteroatoms. The first-order chi connectivity index (χ1) is 9.93. The first-order valence-corrected chi connectivity index (χ1v) is 7.35. The zero-order valence-electron chi connectivity index (χ0n) is 11.7. The summed E-state index contributed by atoms with van der Waals surface area (Å²) in [6.07, 6.45) is 9.93. The van der Waals surface area contributed by atoms with Crippen LogP contribution in [0.5, 0.6) is 0 Å². The summed E-state index contributed by atoms with van der Waals surface area (Å²) in [7, 11) is 0. The van der Waals surface area contributed by atoms with E-state index in [4.69, 9.17) is 0 Å². The second kappa shape index (κ2) is 6.38. The Labute approximate surface area is 120 Å². The summed E-state index contributed by atoms with van der Waals surface area (Å²) in [6.45, 7) is 2.31. The highest BCUT2D eigenvalue weighted by molar-refractivity contribution is 5.80. The van der Waals surface area contributed by atoms with Gasteiger partial charge in [0.15, 0.2) is 0 Å². The van der Waals surface area contributed by atoms with Crippen LogP contribution in [-0.4, -0.2) is 23.0 Å². The Hall–Kier alpha value is -2.09. The molecule has 20 heavy (non-hydrogen) atoms. The van der Waals surface area contributed by atoms with Crippen LogP contribution in [-0.2, 0) is 0 Å². The van der Waals surface area contributed by atoms with Gasteiger partial charge in [-0.15, -0.1) is 0 Å². The average Bonchev–Trinajstić information content (AvgIpc) is 2.55.